The van der Waals surface area contributed by atoms with Gasteiger partial charge in [-0.2, -0.15) is 0 Å². The highest BCUT2D eigenvalue weighted by Gasteiger charge is 2.44. The molecule has 6 heteroatoms. The molecule has 2 aromatic rings. The number of quaternary nitrogens is 1. The summed E-state index contributed by atoms with van der Waals surface area (Å²) in [5.41, 5.74) is 4.98. The molecule has 0 bridgehead atoms. The molecule has 31 heavy (non-hydrogen) atoms. The molecule has 0 spiro atoms. The van der Waals surface area contributed by atoms with Gasteiger partial charge in [0.05, 0.1) is 27.1 Å². The van der Waals surface area contributed by atoms with E-state index in [0.717, 1.165) is 13.2 Å². The van der Waals surface area contributed by atoms with Crippen molar-refractivity contribution in [2.45, 2.75) is 44.6 Å². The number of ether oxygens (including phenoxy) is 1. The number of carboxylic acid groups (broad SMARTS) is 2. The van der Waals surface area contributed by atoms with E-state index in [2.05, 4.69) is 83.4 Å². The predicted octanol–water partition coefficient (Wildman–Crippen LogP) is 1.35. The molecule has 2 aromatic carbocycles. The summed E-state index contributed by atoms with van der Waals surface area (Å²) in [4.78, 5) is 20.6. The van der Waals surface area contributed by atoms with E-state index in [1.807, 2.05) is 0 Å². The van der Waals surface area contributed by atoms with Gasteiger partial charge in [0.1, 0.15) is 12.1 Å². The summed E-state index contributed by atoms with van der Waals surface area (Å²) in [7, 11) is 4.33. The quantitative estimate of drug-likeness (QED) is 0.696. The summed E-state index contributed by atoms with van der Waals surface area (Å²) in [6.45, 7) is 8.61. The van der Waals surface area contributed by atoms with Crippen LogP contribution in [0.1, 0.15) is 55.9 Å². The van der Waals surface area contributed by atoms with Gasteiger partial charge >= 0.3 is 5.97 Å². The second-order valence-electron chi connectivity index (χ2n) is 8.82. The Labute approximate surface area is 184 Å². The molecule has 0 aliphatic heterocycles. The maximum absolute atomic E-state index is 9.61. The van der Waals surface area contributed by atoms with Crippen LogP contribution in [0, 0.1) is 0 Å². The standard InChI is InChI=1S/C21H27NO.C4H6O4/c1-20(2)16-10-6-8-12-18(16)21(3,23-15-14-22(4)5)19-13-9-7-11-17(19)20;5-3(6)1-2-4(7)8/h6-13H,14-15H2,1-5H3;1-2H2,(H,5,6)(H,7,8). The Kier molecular flexibility index (Phi) is 7.98. The number of hydrogen-bond donors (Lipinski definition) is 2. The van der Waals surface area contributed by atoms with Gasteiger partial charge in [-0.25, -0.2) is 0 Å². The Balaban J connectivity index is 0.000000366. The van der Waals surface area contributed by atoms with Gasteiger partial charge in [-0.05, 0) is 35.6 Å². The lowest BCUT2D eigenvalue weighted by atomic mass is 9.64. The van der Waals surface area contributed by atoms with Crippen molar-refractivity contribution >= 4 is 11.9 Å². The SMILES string of the molecule is C[NH+](C)CCOC1(C)c2ccccc2C(C)(C)c2ccccc21.O=C([O-])CCC(=O)O. The summed E-state index contributed by atoms with van der Waals surface area (Å²) in [6, 6.07) is 17.5. The van der Waals surface area contributed by atoms with E-state index in [0.29, 0.717) is 0 Å². The molecule has 0 amide bonds. The molecule has 2 N–H and O–H groups in total. The monoisotopic (exact) mass is 427 g/mol. The van der Waals surface area contributed by atoms with E-state index in [9.17, 15) is 14.7 Å². The molecular formula is C25H33NO5. The van der Waals surface area contributed by atoms with Gasteiger partial charge in [-0.1, -0.05) is 62.4 Å². The van der Waals surface area contributed by atoms with E-state index in [1.165, 1.54) is 27.2 Å². The number of nitrogens with one attached hydrogen (secondary N) is 1. The maximum Gasteiger partial charge on any atom is 0.303 e. The van der Waals surface area contributed by atoms with Gasteiger partial charge in [0.15, 0.2) is 0 Å². The number of aliphatic carboxylic acids is 2. The van der Waals surface area contributed by atoms with Gasteiger partial charge in [0.25, 0.3) is 0 Å². The van der Waals surface area contributed by atoms with Crippen LogP contribution in [0.3, 0.4) is 0 Å². The first-order valence-electron chi connectivity index (χ1n) is 10.5. The highest BCUT2D eigenvalue weighted by Crippen LogP contribution is 2.49. The molecule has 0 heterocycles. The van der Waals surface area contributed by atoms with Crippen LogP contribution in [0.4, 0.5) is 0 Å². The molecule has 3 rings (SSSR count). The van der Waals surface area contributed by atoms with Gasteiger partial charge in [-0.15, -0.1) is 0 Å². The van der Waals surface area contributed by atoms with Crippen LogP contribution in [-0.4, -0.2) is 44.3 Å². The number of carbonyl (C=O) groups excluding carboxylic acids is 1. The maximum atomic E-state index is 9.61. The van der Waals surface area contributed by atoms with E-state index < -0.39 is 18.4 Å². The number of rotatable bonds is 7. The van der Waals surface area contributed by atoms with Gasteiger partial charge < -0.3 is 24.6 Å². The van der Waals surface area contributed by atoms with Crippen molar-refractivity contribution < 1.29 is 29.4 Å². The number of fused-ring (bicyclic) bond motifs is 2. The molecule has 1 aliphatic carbocycles. The van der Waals surface area contributed by atoms with Gasteiger partial charge in [-0.3, -0.25) is 4.79 Å². The van der Waals surface area contributed by atoms with Crippen LogP contribution < -0.4 is 10.0 Å². The van der Waals surface area contributed by atoms with Crippen LogP contribution in [0.2, 0.25) is 0 Å². The van der Waals surface area contributed by atoms with Crippen LogP contribution in [0.5, 0.6) is 0 Å². The minimum absolute atomic E-state index is 0.00283. The molecule has 0 atom stereocenters. The van der Waals surface area contributed by atoms with E-state index in [-0.39, 0.29) is 17.4 Å². The van der Waals surface area contributed by atoms with Crippen LogP contribution >= 0.6 is 0 Å². The van der Waals surface area contributed by atoms with Crippen molar-refractivity contribution in [1.82, 2.24) is 0 Å². The fraction of sp³-hybridized carbons (Fsp3) is 0.440. The van der Waals surface area contributed by atoms with Crippen LogP contribution in [0.25, 0.3) is 0 Å². The van der Waals surface area contributed by atoms with E-state index >= 15 is 0 Å². The summed E-state index contributed by atoms with van der Waals surface area (Å²) >= 11 is 0. The van der Waals surface area contributed by atoms with Crippen molar-refractivity contribution in [2.24, 2.45) is 0 Å². The van der Waals surface area contributed by atoms with Gasteiger partial charge in [0, 0.05) is 11.4 Å². The van der Waals surface area contributed by atoms with Crippen molar-refractivity contribution in [3.8, 4) is 0 Å². The zero-order valence-electron chi connectivity index (χ0n) is 19.0. The topological polar surface area (TPSA) is 91.1 Å². The lowest BCUT2D eigenvalue weighted by Gasteiger charge is -2.45. The Morgan fingerprint density at radius 3 is 1.71 bits per heavy atom. The van der Waals surface area contributed by atoms with E-state index in [4.69, 9.17) is 9.84 Å². The highest BCUT2D eigenvalue weighted by molar-refractivity contribution is 5.74. The highest BCUT2D eigenvalue weighted by atomic mass is 16.5. The average molecular weight is 428 g/mol. The number of hydrogen-bond acceptors (Lipinski definition) is 4. The molecule has 0 saturated carbocycles. The predicted molar refractivity (Wildman–Crippen MR) is 117 cm³/mol. The zero-order valence-corrected chi connectivity index (χ0v) is 19.0. The van der Waals surface area contributed by atoms with Crippen molar-refractivity contribution in [1.29, 1.82) is 0 Å². The Hall–Kier alpha value is -2.70. The molecule has 0 aromatic heterocycles. The Morgan fingerprint density at radius 1 is 0.903 bits per heavy atom. The van der Waals surface area contributed by atoms with Crippen molar-refractivity contribution in [3.05, 3.63) is 70.8 Å². The largest absolute Gasteiger partial charge is 0.550 e. The molecule has 168 valence electrons. The third-order valence-electron chi connectivity index (χ3n) is 5.76. The van der Waals surface area contributed by atoms with Crippen LogP contribution in [0.15, 0.2) is 48.5 Å². The van der Waals surface area contributed by atoms with Crippen LogP contribution in [-0.2, 0) is 25.3 Å². The average Bonchev–Trinajstić information content (AvgIpc) is 2.71. The number of carbonyl (C=O) groups is 2. The van der Waals surface area contributed by atoms with Gasteiger partial charge in [0.2, 0.25) is 0 Å². The summed E-state index contributed by atoms with van der Waals surface area (Å²) in [6.07, 6.45) is -0.766. The molecular weight excluding hydrogens is 394 g/mol. The second-order valence-corrected chi connectivity index (χ2v) is 8.82. The number of likely N-dealkylation sites (N-methyl/N-ethyl adjacent to an activating group) is 1. The number of carboxylic acids is 2. The molecule has 1 aliphatic rings. The lowest BCUT2D eigenvalue weighted by molar-refractivity contribution is -0.859. The van der Waals surface area contributed by atoms with Crippen molar-refractivity contribution in [3.63, 3.8) is 0 Å². The minimum Gasteiger partial charge on any atom is -0.550 e. The summed E-state index contributed by atoms with van der Waals surface area (Å²) in [5.74, 6) is -2.44. The normalized spacial score (nSPS) is 15.3. The fourth-order valence-electron chi connectivity index (χ4n) is 4.00. The summed E-state index contributed by atoms with van der Waals surface area (Å²) in [5, 5.41) is 17.4. The molecule has 0 unspecified atom stereocenters. The molecule has 0 saturated heterocycles. The fourth-order valence-corrected chi connectivity index (χ4v) is 4.00. The molecule has 6 nitrogen and oxygen atoms in total. The van der Waals surface area contributed by atoms with E-state index in [1.54, 1.807) is 0 Å². The summed E-state index contributed by atoms with van der Waals surface area (Å²) < 4.78 is 6.51. The minimum atomic E-state index is -1.33. The first kappa shape index (κ1) is 24.6. The third kappa shape index (κ3) is 5.71. The Morgan fingerprint density at radius 2 is 1.35 bits per heavy atom. The number of benzene rings is 2. The second kappa shape index (κ2) is 10.1. The molecule has 0 radical (unpaired) electrons. The first-order chi connectivity index (χ1) is 14.5. The van der Waals surface area contributed by atoms with Crippen molar-refractivity contribution in [2.75, 3.05) is 27.2 Å². The zero-order chi connectivity index (χ0) is 23.2. The lowest BCUT2D eigenvalue weighted by Crippen LogP contribution is -3.06. The molecule has 0 fully saturated rings. The Bertz CT molecular complexity index is 856. The first-order valence-corrected chi connectivity index (χ1v) is 10.5. The smallest absolute Gasteiger partial charge is 0.303 e. The third-order valence-corrected chi connectivity index (χ3v) is 5.76.